The largest absolute Gasteiger partial charge is 0.380 e. The molecular weight excluding hydrogens is 356 g/mol. The smallest absolute Gasteiger partial charge is 0.0672 e. The Hall–Kier alpha value is 0.388. The molecule has 0 aromatic heterocycles. The summed E-state index contributed by atoms with van der Waals surface area (Å²) in [4.78, 5) is 0. The predicted octanol–water partition coefficient (Wildman–Crippen LogP) is 4.00. The fourth-order valence-electron chi connectivity index (χ4n) is 1.29. The molecule has 0 aliphatic carbocycles. The molecule has 0 aromatic rings. The van der Waals surface area contributed by atoms with Crippen LogP contribution in [-0.4, -0.2) is 13.2 Å². The molecule has 0 saturated carbocycles. The van der Waals surface area contributed by atoms with E-state index >= 15 is 0 Å². The van der Waals surface area contributed by atoms with Gasteiger partial charge in [-0.15, -0.1) is 0 Å². The van der Waals surface area contributed by atoms with Crippen LogP contribution in [0.15, 0.2) is 11.6 Å². The molecule has 0 aliphatic rings. The quantitative estimate of drug-likeness (QED) is 0.398. The summed E-state index contributed by atoms with van der Waals surface area (Å²) in [6.07, 6.45) is 3.35. The summed E-state index contributed by atoms with van der Waals surface area (Å²) >= 11 is 0. The van der Waals surface area contributed by atoms with Crippen LogP contribution in [0.3, 0.4) is 0 Å². The van der Waals surface area contributed by atoms with E-state index < -0.39 is 0 Å². The second kappa shape index (κ2) is 8.53. The van der Waals surface area contributed by atoms with Crippen molar-refractivity contribution < 1.29 is 25.8 Å². The van der Waals surface area contributed by atoms with E-state index in [9.17, 15) is 0 Å². The first kappa shape index (κ1) is 17.8. The molecule has 0 aliphatic heterocycles. The van der Waals surface area contributed by atoms with Gasteiger partial charge in [-0.1, -0.05) is 32.4 Å². The van der Waals surface area contributed by atoms with Crippen molar-refractivity contribution in [2.75, 3.05) is 13.2 Å². The summed E-state index contributed by atoms with van der Waals surface area (Å²) in [5.74, 6) is 1.43. The molecular formula is C13H25OW-. The second-order valence-corrected chi connectivity index (χ2v) is 5.37. The number of hydrogen-bond acceptors (Lipinski definition) is 1. The van der Waals surface area contributed by atoms with Crippen molar-refractivity contribution in [3.63, 3.8) is 0 Å². The van der Waals surface area contributed by atoms with Crippen LogP contribution < -0.4 is 0 Å². The minimum Gasteiger partial charge on any atom is -0.380 e. The Morgan fingerprint density at radius 2 is 1.80 bits per heavy atom. The van der Waals surface area contributed by atoms with E-state index in [0.29, 0.717) is 0 Å². The van der Waals surface area contributed by atoms with Crippen LogP contribution in [0.5, 0.6) is 0 Å². The Morgan fingerprint density at radius 1 is 1.27 bits per heavy atom. The SMILES string of the molecule is C/C(=C/C(C)(C)C)COCC[C-](C)C.[W]. The molecule has 0 atom stereocenters. The average molecular weight is 381 g/mol. The topological polar surface area (TPSA) is 9.23 Å². The summed E-state index contributed by atoms with van der Waals surface area (Å²) in [5, 5.41) is 0. The zero-order chi connectivity index (χ0) is 11.2. The number of ether oxygens (including phenoxy) is 1. The molecule has 0 unspecified atom stereocenters. The van der Waals surface area contributed by atoms with Crippen molar-refractivity contribution in [3.8, 4) is 0 Å². The maximum Gasteiger partial charge on any atom is 0.0672 e. The number of rotatable bonds is 5. The third kappa shape index (κ3) is 14.4. The van der Waals surface area contributed by atoms with Crippen molar-refractivity contribution in [1.82, 2.24) is 0 Å². The Bertz CT molecular complexity index is 177. The molecule has 0 radical (unpaired) electrons. The molecule has 15 heavy (non-hydrogen) atoms. The fraction of sp³-hybridized carbons (Fsp3) is 0.769. The molecule has 0 aromatic carbocycles. The summed E-state index contributed by atoms with van der Waals surface area (Å²) in [5.41, 5.74) is 1.59. The van der Waals surface area contributed by atoms with Gasteiger partial charge in [0.1, 0.15) is 0 Å². The van der Waals surface area contributed by atoms with E-state index in [0.717, 1.165) is 19.6 Å². The Kier molecular flexibility index (Phi) is 10.1. The van der Waals surface area contributed by atoms with Crippen molar-refractivity contribution >= 4 is 0 Å². The van der Waals surface area contributed by atoms with Gasteiger partial charge in [0.25, 0.3) is 0 Å². The molecule has 0 heterocycles. The molecule has 0 N–H and O–H groups in total. The van der Waals surface area contributed by atoms with E-state index in [4.69, 9.17) is 4.74 Å². The zero-order valence-corrected chi connectivity index (χ0v) is 13.9. The first-order valence-electron chi connectivity index (χ1n) is 5.36. The van der Waals surface area contributed by atoms with Crippen LogP contribution in [0, 0.1) is 11.3 Å². The minimum absolute atomic E-state index is 0. The van der Waals surface area contributed by atoms with Gasteiger partial charge in [-0.2, -0.15) is 20.3 Å². The first-order chi connectivity index (χ1) is 6.31. The molecule has 90 valence electrons. The van der Waals surface area contributed by atoms with Crippen molar-refractivity contribution in [3.05, 3.63) is 17.6 Å². The number of allylic oxidation sites excluding steroid dienone is 1. The third-order valence-corrected chi connectivity index (χ3v) is 1.76. The van der Waals surface area contributed by atoms with Crippen LogP contribution >= 0.6 is 0 Å². The van der Waals surface area contributed by atoms with E-state index in [-0.39, 0.29) is 26.5 Å². The van der Waals surface area contributed by atoms with E-state index in [2.05, 4.69) is 47.6 Å². The normalized spacial score (nSPS) is 12.9. The predicted molar refractivity (Wildman–Crippen MR) is 63.2 cm³/mol. The monoisotopic (exact) mass is 381 g/mol. The summed E-state index contributed by atoms with van der Waals surface area (Å²) in [6, 6.07) is 0. The van der Waals surface area contributed by atoms with E-state index in [1.165, 1.54) is 11.5 Å². The van der Waals surface area contributed by atoms with E-state index in [1.54, 1.807) is 0 Å². The number of hydrogen-bond donors (Lipinski definition) is 0. The molecule has 0 saturated heterocycles. The van der Waals surface area contributed by atoms with Gasteiger partial charge in [0.05, 0.1) is 6.61 Å². The Morgan fingerprint density at radius 3 is 2.20 bits per heavy atom. The Balaban J connectivity index is 0. The van der Waals surface area contributed by atoms with Crippen LogP contribution in [0.1, 0.15) is 48.0 Å². The molecule has 0 bridgehead atoms. The fourth-order valence-corrected chi connectivity index (χ4v) is 1.29. The van der Waals surface area contributed by atoms with Crippen LogP contribution in [-0.2, 0) is 25.8 Å². The molecule has 0 spiro atoms. The third-order valence-electron chi connectivity index (χ3n) is 1.76. The molecule has 0 rings (SSSR count). The van der Waals surface area contributed by atoms with Crippen LogP contribution in [0.25, 0.3) is 0 Å². The van der Waals surface area contributed by atoms with Gasteiger partial charge in [-0.25, -0.2) is 0 Å². The van der Waals surface area contributed by atoms with Crippen LogP contribution in [0.2, 0.25) is 0 Å². The second-order valence-electron chi connectivity index (χ2n) is 5.37. The van der Waals surface area contributed by atoms with Gasteiger partial charge in [0.2, 0.25) is 0 Å². The van der Waals surface area contributed by atoms with Gasteiger partial charge in [0, 0.05) is 27.7 Å². The van der Waals surface area contributed by atoms with Crippen LogP contribution in [0.4, 0.5) is 0 Å². The van der Waals surface area contributed by atoms with Gasteiger partial charge in [-0.05, 0) is 12.3 Å². The summed E-state index contributed by atoms with van der Waals surface area (Å²) in [6.45, 7) is 14.7. The van der Waals surface area contributed by atoms with Gasteiger partial charge in [-0.3, -0.25) is 0 Å². The van der Waals surface area contributed by atoms with E-state index in [1.807, 2.05) is 0 Å². The maximum absolute atomic E-state index is 5.56. The maximum atomic E-state index is 5.56. The zero-order valence-electron chi connectivity index (χ0n) is 11.0. The molecule has 0 fully saturated rings. The molecule has 1 nitrogen and oxygen atoms in total. The first-order valence-corrected chi connectivity index (χ1v) is 5.36. The van der Waals surface area contributed by atoms with Crippen molar-refractivity contribution in [2.24, 2.45) is 5.41 Å². The van der Waals surface area contributed by atoms with Gasteiger partial charge in [0.15, 0.2) is 0 Å². The standard InChI is InChI=1S/C13H25O.W/c1-11(2)7-8-14-10-12(3)9-13(4,5)6;/h9H,7-8,10H2,1-6H3;/q-1;/b12-9-;. The molecule has 2 heteroatoms. The molecule has 0 amide bonds. The van der Waals surface area contributed by atoms with Crippen molar-refractivity contribution in [2.45, 2.75) is 48.0 Å². The van der Waals surface area contributed by atoms with Gasteiger partial charge < -0.3 is 10.7 Å². The summed E-state index contributed by atoms with van der Waals surface area (Å²) in [7, 11) is 0. The Labute approximate surface area is 110 Å². The summed E-state index contributed by atoms with van der Waals surface area (Å²) < 4.78 is 5.56. The van der Waals surface area contributed by atoms with Crippen molar-refractivity contribution in [1.29, 1.82) is 0 Å². The van der Waals surface area contributed by atoms with Gasteiger partial charge >= 0.3 is 0 Å². The minimum atomic E-state index is 0. The average Bonchev–Trinajstić information content (AvgIpc) is 1.94.